The Morgan fingerprint density at radius 3 is 1.72 bits per heavy atom. The lowest BCUT2D eigenvalue weighted by Gasteiger charge is -2.34. The minimum Gasteiger partial charge on any atom is -0.550 e. The zero-order chi connectivity index (χ0) is 22.1. The lowest BCUT2D eigenvalue weighted by molar-refractivity contribution is -0.833. The normalized spacial score (nSPS) is 15.9. The van der Waals surface area contributed by atoms with Gasteiger partial charge in [0.05, 0.1) is 19.1 Å². The number of unbranched alkanes of at least 4 members (excludes halogenated alkanes) is 6. The van der Waals surface area contributed by atoms with E-state index in [-0.39, 0.29) is 35.7 Å². The molecule has 29 heavy (non-hydrogen) atoms. The van der Waals surface area contributed by atoms with Crippen LogP contribution in [0.3, 0.4) is 0 Å². The van der Waals surface area contributed by atoms with E-state index >= 15 is 0 Å². The summed E-state index contributed by atoms with van der Waals surface area (Å²) in [6.45, 7) is 6.13. The molecule has 0 saturated carbocycles. The average Bonchev–Trinajstić information content (AvgIpc) is 2.66. The maximum Gasteiger partial charge on any atom is 0.146 e. The molecule has 1 unspecified atom stereocenters. The van der Waals surface area contributed by atoms with E-state index in [1.54, 1.807) is 19.3 Å². The van der Waals surface area contributed by atoms with Gasteiger partial charge in [-0.15, -0.1) is 0 Å². The summed E-state index contributed by atoms with van der Waals surface area (Å²) in [5.74, 6) is -1.56. The Kier molecular flexibility index (Phi) is 15.4. The fourth-order valence-corrected chi connectivity index (χ4v) is 3.52. The molecule has 6 heteroatoms. The summed E-state index contributed by atoms with van der Waals surface area (Å²) in [6.07, 6.45) is 12.7. The number of quaternary nitrogens is 1. The fourth-order valence-electron chi connectivity index (χ4n) is 3.52. The quantitative estimate of drug-likeness (QED) is 0.177. The van der Waals surface area contributed by atoms with Crippen molar-refractivity contribution in [3.05, 3.63) is 23.9 Å². The number of rotatable bonds is 18. The van der Waals surface area contributed by atoms with Gasteiger partial charge in [0.1, 0.15) is 30.5 Å². The minimum absolute atomic E-state index is 0.0950. The monoisotopic (exact) mass is 413 g/mol. The van der Waals surface area contributed by atoms with Crippen molar-refractivity contribution in [2.75, 3.05) is 19.7 Å². The second-order valence-electron chi connectivity index (χ2n) is 8.02. The molecule has 0 aromatic heterocycles. The number of carboxylic acid groups (broad SMARTS) is 1. The maximum atomic E-state index is 11.5. The van der Waals surface area contributed by atoms with E-state index in [2.05, 4.69) is 13.8 Å². The number of carbonyl (C=O) groups is 1. The summed E-state index contributed by atoms with van der Waals surface area (Å²) in [5.41, 5.74) is 0. The molecule has 1 atom stereocenters. The van der Waals surface area contributed by atoms with E-state index in [9.17, 15) is 25.2 Å². The molecule has 170 valence electrons. The van der Waals surface area contributed by atoms with Crippen molar-refractivity contribution in [3.8, 4) is 0 Å². The van der Waals surface area contributed by atoms with Crippen molar-refractivity contribution in [1.82, 2.24) is 0 Å². The topological polar surface area (TPSA) is 101 Å². The van der Waals surface area contributed by atoms with Crippen LogP contribution < -0.4 is 5.11 Å². The van der Waals surface area contributed by atoms with Crippen molar-refractivity contribution < 1.29 is 29.7 Å². The van der Waals surface area contributed by atoms with E-state index in [0.29, 0.717) is 19.3 Å². The minimum atomic E-state index is -1.15. The van der Waals surface area contributed by atoms with Crippen LogP contribution in [-0.2, 0) is 4.79 Å². The number of hydrogen-bond donors (Lipinski definition) is 3. The summed E-state index contributed by atoms with van der Waals surface area (Å²) in [5, 5.41) is 42.1. The molecular formula is C23H43NO5. The van der Waals surface area contributed by atoms with Gasteiger partial charge in [0, 0.05) is 18.8 Å². The zero-order valence-electron chi connectivity index (χ0n) is 18.7. The lowest BCUT2D eigenvalue weighted by atomic mass is 10.0. The number of nitrogens with zero attached hydrogens (tertiary/aromatic N) is 1. The average molecular weight is 414 g/mol. The highest BCUT2D eigenvalue weighted by molar-refractivity contribution is 5.67. The van der Waals surface area contributed by atoms with Gasteiger partial charge in [-0.3, -0.25) is 4.48 Å². The fraction of sp³-hybridized carbons (Fsp3) is 0.783. The highest BCUT2D eigenvalue weighted by Gasteiger charge is 2.30. The third-order valence-corrected chi connectivity index (χ3v) is 5.29. The first-order valence-corrected chi connectivity index (χ1v) is 11.3. The molecule has 6 nitrogen and oxygen atoms in total. The first-order chi connectivity index (χ1) is 13.8. The van der Waals surface area contributed by atoms with Gasteiger partial charge < -0.3 is 25.2 Å². The molecule has 0 rings (SSSR count). The second-order valence-corrected chi connectivity index (χ2v) is 8.02. The van der Waals surface area contributed by atoms with Gasteiger partial charge in [0.2, 0.25) is 0 Å². The molecule has 3 N–H and O–H groups in total. The van der Waals surface area contributed by atoms with Crippen LogP contribution in [-0.4, -0.2) is 45.5 Å². The molecule has 0 bridgehead atoms. The Morgan fingerprint density at radius 2 is 1.38 bits per heavy atom. The predicted molar refractivity (Wildman–Crippen MR) is 115 cm³/mol. The van der Waals surface area contributed by atoms with Gasteiger partial charge in [0.25, 0.3) is 0 Å². The lowest BCUT2D eigenvalue weighted by Crippen LogP contribution is -2.48. The van der Waals surface area contributed by atoms with Gasteiger partial charge in [0.15, 0.2) is 0 Å². The van der Waals surface area contributed by atoms with Crippen molar-refractivity contribution >= 4 is 5.97 Å². The van der Waals surface area contributed by atoms with E-state index < -0.39 is 11.9 Å². The number of aliphatic hydroxyl groups excluding tert-OH is 3. The molecule has 0 aliphatic heterocycles. The largest absolute Gasteiger partial charge is 0.550 e. The summed E-state index contributed by atoms with van der Waals surface area (Å²) >= 11 is 0. The molecule has 0 spiro atoms. The zero-order valence-corrected chi connectivity index (χ0v) is 18.7. The number of carboxylic acids is 1. The number of aliphatic carboxylic acids is 1. The molecule has 0 fully saturated rings. The molecule has 0 aliphatic carbocycles. The maximum absolute atomic E-state index is 11.5. The number of hydrogen-bond acceptors (Lipinski definition) is 5. The third kappa shape index (κ3) is 12.6. The van der Waals surface area contributed by atoms with Crippen molar-refractivity contribution in [3.63, 3.8) is 0 Å². The highest BCUT2D eigenvalue weighted by Crippen LogP contribution is 2.22. The number of carbonyl (C=O) groups excluding carboxylic acids is 1. The van der Waals surface area contributed by atoms with Crippen molar-refractivity contribution in [2.45, 2.75) is 91.4 Å². The Morgan fingerprint density at radius 1 is 0.897 bits per heavy atom. The highest BCUT2D eigenvalue weighted by atomic mass is 16.4. The molecule has 0 aromatic carbocycles. The standard InChI is InChI=1S/C23H43NO5/c1-4-7-9-11-13-21(26)18-24(15-16-25,17-20(6-3)23(28)29)19-22(27)14-12-10-8-5-2/h18-20,25H,4-17H2,1-3H3,(H2-,26,27,28,29)/b21-18-,22-19-. The third-order valence-electron chi connectivity index (χ3n) is 5.29. The molecule has 0 aromatic rings. The second kappa shape index (κ2) is 16.3. The van der Waals surface area contributed by atoms with E-state index in [1.807, 2.05) is 0 Å². The molecular weight excluding hydrogens is 370 g/mol. The Balaban J connectivity index is 5.60. The molecule has 0 heterocycles. The van der Waals surface area contributed by atoms with E-state index in [0.717, 1.165) is 51.4 Å². The smallest absolute Gasteiger partial charge is 0.146 e. The van der Waals surface area contributed by atoms with Crippen LogP contribution >= 0.6 is 0 Å². The number of aliphatic hydroxyl groups is 3. The van der Waals surface area contributed by atoms with Crippen molar-refractivity contribution in [2.24, 2.45) is 5.92 Å². The van der Waals surface area contributed by atoms with E-state index in [4.69, 9.17) is 0 Å². The summed E-state index contributed by atoms with van der Waals surface area (Å²) in [7, 11) is 0. The van der Waals surface area contributed by atoms with Crippen LogP contribution in [0.2, 0.25) is 0 Å². The van der Waals surface area contributed by atoms with Crippen LogP contribution in [0.15, 0.2) is 23.9 Å². The van der Waals surface area contributed by atoms with Crippen LogP contribution in [0.5, 0.6) is 0 Å². The number of allylic oxidation sites excluding steroid dienone is 2. The summed E-state index contributed by atoms with van der Waals surface area (Å²) in [6, 6.07) is 0. The van der Waals surface area contributed by atoms with Crippen LogP contribution in [0, 0.1) is 5.92 Å². The Labute approximate surface area is 177 Å². The van der Waals surface area contributed by atoms with Gasteiger partial charge in [-0.1, -0.05) is 59.3 Å². The van der Waals surface area contributed by atoms with Gasteiger partial charge in [-0.25, -0.2) is 0 Å². The molecule has 0 amide bonds. The SMILES string of the molecule is CCCCCC/C(O)=C/[N+](/C=C(\O)CCCCCC)(CCO)CC(CC)C(=O)[O-]. The summed E-state index contributed by atoms with van der Waals surface area (Å²) < 4.78 is -0.0950. The van der Waals surface area contributed by atoms with E-state index in [1.165, 1.54) is 0 Å². The Bertz CT molecular complexity index is 473. The van der Waals surface area contributed by atoms with Gasteiger partial charge in [-0.2, -0.15) is 0 Å². The Hall–Kier alpha value is -1.53. The first kappa shape index (κ1) is 27.5. The van der Waals surface area contributed by atoms with Crippen LogP contribution in [0.1, 0.15) is 91.4 Å². The molecule has 0 radical (unpaired) electrons. The molecule has 0 aliphatic rings. The first-order valence-electron chi connectivity index (χ1n) is 11.3. The predicted octanol–water partition coefficient (Wildman–Crippen LogP) is 4.31. The van der Waals surface area contributed by atoms with Crippen molar-refractivity contribution in [1.29, 1.82) is 0 Å². The summed E-state index contributed by atoms with van der Waals surface area (Å²) in [4.78, 5) is 11.5. The molecule has 0 saturated heterocycles. The van der Waals surface area contributed by atoms with Gasteiger partial charge >= 0.3 is 0 Å². The van der Waals surface area contributed by atoms with Crippen LogP contribution in [0.25, 0.3) is 0 Å². The van der Waals surface area contributed by atoms with Gasteiger partial charge in [-0.05, 0) is 19.3 Å². The van der Waals surface area contributed by atoms with Crippen LogP contribution in [0.4, 0.5) is 0 Å².